The Labute approximate surface area is 86.8 Å². The van der Waals surface area contributed by atoms with Gasteiger partial charge in [0, 0.05) is 12.2 Å². The number of hydrogen-bond acceptors (Lipinski definition) is 2. The molecule has 1 aromatic rings. The Morgan fingerprint density at radius 1 is 1.21 bits per heavy atom. The van der Waals surface area contributed by atoms with Crippen molar-refractivity contribution in [2.24, 2.45) is 0 Å². The lowest BCUT2D eigenvalue weighted by molar-refractivity contribution is 0.785. The minimum atomic E-state index is 1.07. The molecule has 1 N–H and O–H groups in total. The first-order valence-corrected chi connectivity index (χ1v) is 5.57. The lowest BCUT2D eigenvalue weighted by Gasteiger charge is -2.06. The van der Waals surface area contributed by atoms with Crippen LogP contribution in [0.15, 0.2) is 12.1 Å². The fourth-order valence-electron chi connectivity index (χ4n) is 1.59. The van der Waals surface area contributed by atoms with Gasteiger partial charge in [-0.3, -0.25) is 0 Å². The van der Waals surface area contributed by atoms with Gasteiger partial charge in [-0.1, -0.05) is 19.9 Å². The van der Waals surface area contributed by atoms with Gasteiger partial charge in [0.15, 0.2) is 0 Å². The van der Waals surface area contributed by atoms with Gasteiger partial charge < -0.3 is 5.32 Å². The maximum atomic E-state index is 4.46. The van der Waals surface area contributed by atoms with Crippen molar-refractivity contribution in [3.8, 4) is 0 Å². The summed E-state index contributed by atoms with van der Waals surface area (Å²) in [7, 11) is 0. The molecule has 0 radical (unpaired) electrons. The number of anilines is 1. The number of fused-ring (bicyclic) bond motifs is 1. The highest BCUT2D eigenvalue weighted by Gasteiger charge is 2.07. The Kier molecular flexibility index (Phi) is 4.44. The van der Waals surface area contributed by atoms with E-state index in [-0.39, 0.29) is 0 Å². The normalized spacial score (nSPS) is 14.2. The van der Waals surface area contributed by atoms with Crippen molar-refractivity contribution in [2.75, 3.05) is 11.9 Å². The van der Waals surface area contributed by atoms with E-state index in [1.165, 1.54) is 24.8 Å². The highest BCUT2D eigenvalue weighted by molar-refractivity contribution is 5.45. The third-order valence-electron chi connectivity index (χ3n) is 2.28. The number of pyridine rings is 1. The van der Waals surface area contributed by atoms with Crippen LogP contribution < -0.4 is 5.32 Å². The first-order valence-electron chi connectivity index (χ1n) is 5.57. The number of nitrogens with one attached hydrogen (secondary N) is 1. The Balaban J connectivity index is 0.000000461. The van der Waals surface area contributed by atoms with Gasteiger partial charge in [-0.05, 0) is 37.8 Å². The van der Waals surface area contributed by atoms with Crippen LogP contribution in [0, 0.1) is 6.92 Å². The highest BCUT2D eigenvalue weighted by atomic mass is 15.0. The molecule has 2 heterocycles. The highest BCUT2D eigenvalue weighted by Crippen LogP contribution is 2.18. The van der Waals surface area contributed by atoms with E-state index >= 15 is 0 Å². The van der Waals surface area contributed by atoms with Gasteiger partial charge in [-0.15, -0.1) is 0 Å². The second kappa shape index (κ2) is 5.63. The van der Waals surface area contributed by atoms with E-state index in [0.29, 0.717) is 0 Å². The van der Waals surface area contributed by atoms with Crippen molar-refractivity contribution in [3.05, 3.63) is 23.4 Å². The number of hydrogen-bond donors (Lipinski definition) is 1. The summed E-state index contributed by atoms with van der Waals surface area (Å²) < 4.78 is 0. The van der Waals surface area contributed by atoms with Gasteiger partial charge in [0.1, 0.15) is 5.82 Å². The SMILES string of the molecule is CC.Cc1ccc2c(n1)NCCCC2. The summed E-state index contributed by atoms with van der Waals surface area (Å²) in [6.07, 6.45) is 3.72. The van der Waals surface area contributed by atoms with Gasteiger partial charge >= 0.3 is 0 Å². The average molecular weight is 192 g/mol. The van der Waals surface area contributed by atoms with Crippen LogP contribution in [0.3, 0.4) is 0 Å². The van der Waals surface area contributed by atoms with Crippen LogP contribution in [0.1, 0.15) is 37.9 Å². The van der Waals surface area contributed by atoms with Crippen LogP contribution in [0.5, 0.6) is 0 Å². The second-order valence-electron chi connectivity index (χ2n) is 3.34. The van der Waals surface area contributed by atoms with E-state index in [1.54, 1.807) is 0 Å². The summed E-state index contributed by atoms with van der Waals surface area (Å²) in [5.74, 6) is 1.10. The molecule has 0 saturated carbocycles. The molecule has 14 heavy (non-hydrogen) atoms. The summed E-state index contributed by atoms with van der Waals surface area (Å²) in [6, 6.07) is 4.28. The van der Waals surface area contributed by atoms with Crippen LogP contribution in [-0.2, 0) is 6.42 Å². The summed E-state index contributed by atoms with van der Waals surface area (Å²) in [6.45, 7) is 7.11. The minimum Gasteiger partial charge on any atom is -0.370 e. The Hall–Kier alpha value is -1.05. The third kappa shape index (κ3) is 2.72. The Bertz CT molecular complexity index is 282. The molecule has 0 aliphatic carbocycles. The fourth-order valence-corrected chi connectivity index (χ4v) is 1.59. The topological polar surface area (TPSA) is 24.9 Å². The number of rotatable bonds is 0. The maximum Gasteiger partial charge on any atom is 0.129 e. The molecule has 0 amide bonds. The van der Waals surface area contributed by atoms with Crippen LogP contribution in [0.2, 0.25) is 0 Å². The molecule has 0 unspecified atom stereocenters. The van der Waals surface area contributed by atoms with Gasteiger partial charge in [0.05, 0.1) is 0 Å². The first-order chi connectivity index (χ1) is 6.86. The Morgan fingerprint density at radius 2 is 2.00 bits per heavy atom. The number of aryl methyl sites for hydroxylation is 2. The summed E-state index contributed by atoms with van der Waals surface area (Å²) >= 11 is 0. The molecule has 2 rings (SSSR count). The van der Waals surface area contributed by atoms with Crippen molar-refractivity contribution in [3.63, 3.8) is 0 Å². The van der Waals surface area contributed by atoms with Crippen molar-refractivity contribution >= 4 is 5.82 Å². The molecule has 0 atom stereocenters. The molecule has 1 aromatic heterocycles. The lowest BCUT2D eigenvalue weighted by Crippen LogP contribution is -2.02. The zero-order chi connectivity index (χ0) is 10.4. The lowest BCUT2D eigenvalue weighted by atomic mass is 10.1. The summed E-state index contributed by atoms with van der Waals surface area (Å²) in [4.78, 5) is 4.46. The molecule has 0 bridgehead atoms. The zero-order valence-corrected chi connectivity index (χ0v) is 9.43. The van der Waals surface area contributed by atoms with E-state index in [1.807, 2.05) is 20.8 Å². The van der Waals surface area contributed by atoms with E-state index in [9.17, 15) is 0 Å². The summed E-state index contributed by atoms with van der Waals surface area (Å²) in [5, 5.41) is 3.35. The van der Waals surface area contributed by atoms with E-state index < -0.39 is 0 Å². The molecule has 0 aromatic carbocycles. The molecular formula is C12H20N2. The quantitative estimate of drug-likeness (QED) is 0.683. The molecule has 1 aliphatic rings. The predicted molar refractivity (Wildman–Crippen MR) is 61.7 cm³/mol. The fraction of sp³-hybridized carbons (Fsp3) is 0.583. The van der Waals surface area contributed by atoms with Crippen LogP contribution >= 0.6 is 0 Å². The molecule has 0 fully saturated rings. The largest absolute Gasteiger partial charge is 0.370 e. The average Bonchev–Trinajstić information content (AvgIpc) is 2.45. The van der Waals surface area contributed by atoms with Crippen molar-refractivity contribution < 1.29 is 0 Å². The molecule has 78 valence electrons. The monoisotopic (exact) mass is 192 g/mol. The standard InChI is InChI=1S/C10H14N2.C2H6/c1-8-5-6-9-4-2-3-7-11-10(9)12-8;1-2/h5-6H,2-4,7H2,1H3,(H,11,12);1-2H3. The zero-order valence-electron chi connectivity index (χ0n) is 9.43. The van der Waals surface area contributed by atoms with Crippen molar-refractivity contribution in [1.82, 2.24) is 4.98 Å². The summed E-state index contributed by atoms with van der Waals surface area (Å²) in [5.41, 5.74) is 2.47. The van der Waals surface area contributed by atoms with E-state index in [0.717, 1.165) is 18.1 Å². The van der Waals surface area contributed by atoms with Gasteiger partial charge in [0.25, 0.3) is 0 Å². The number of aromatic nitrogens is 1. The van der Waals surface area contributed by atoms with Crippen LogP contribution in [0.25, 0.3) is 0 Å². The van der Waals surface area contributed by atoms with E-state index in [2.05, 4.69) is 22.4 Å². The molecule has 2 heteroatoms. The number of nitrogens with zero attached hydrogens (tertiary/aromatic N) is 1. The van der Waals surface area contributed by atoms with Crippen LogP contribution in [0.4, 0.5) is 5.82 Å². The van der Waals surface area contributed by atoms with Crippen LogP contribution in [-0.4, -0.2) is 11.5 Å². The molecule has 2 nitrogen and oxygen atoms in total. The van der Waals surface area contributed by atoms with Gasteiger partial charge in [-0.2, -0.15) is 0 Å². The maximum absolute atomic E-state index is 4.46. The second-order valence-corrected chi connectivity index (χ2v) is 3.34. The van der Waals surface area contributed by atoms with Crippen molar-refractivity contribution in [1.29, 1.82) is 0 Å². The third-order valence-corrected chi connectivity index (χ3v) is 2.28. The first kappa shape index (κ1) is 11.0. The molecule has 1 aliphatic heterocycles. The molecule has 0 saturated heterocycles. The Morgan fingerprint density at radius 3 is 2.79 bits per heavy atom. The van der Waals surface area contributed by atoms with E-state index in [4.69, 9.17) is 0 Å². The minimum absolute atomic E-state index is 1.07. The molecule has 0 spiro atoms. The van der Waals surface area contributed by atoms with Gasteiger partial charge in [-0.25, -0.2) is 4.98 Å². The van der Waals surface area contributed by atoms with Crippen molar-refractivity contribution in [2.45, 2.75) is 40.0 Å². The predicted octanol–water partition coefficient (Wildman–Crippen LogP) is 3.16. The van der Waals surface area contributed by atoms with Gasteiger partial charge in [0.2, 0.25) is 0 Å². The molecular weight excluding hydrogens is 172 g/mol. The smallest absolute Gasteiger partial charge is 0.129 e.